The number of furan rings is 1. The third-order valence-electron chi connectivity index (χ3n) is 5.59. The Morgan fingerprint density at radius 2 is 1.52 bits per heavy atom. The molecule has 0 radical (unpaired) electrons. The van der Waals surface area contributed by atoms with Gasteiger partial charge in [-0.1, -0.05) is 18.2 Å². The van der Waals surface area contributed by atoms with Crippen LogP contribution in [0.1, 0.15) is 29.0 Å². The molecule has 1 aromatic heterocycles. The lowest BCUT2D eigenvalue weighted by molar-refractivity contribution is -0.126. The van der Waals surface area contributed by atoms with E-state index in [1.807, 2.05) is 24.3 Å². The number of rotatable bonds is 6. The van der Waals surface area contributed by atoms with Crippen LogP contribution >= 0.6 is 0 Å². The fourth-order valence-electron chi connectivity index (χ4n) is 3.77. The quantitative estimate of drug-likeness (QED) is 0.530. The van der Waals surface area contributed by atoms with Gasteiger partial charge >= 0.3 is 6.03 Å². The number of hydrogen-bond donors (Lipinski definition) is 3. The summed E-state index contributed by atoms with van der Waals surface area (Å²) in [5.74, 6) is 0.512. The molecule has 33 heavy (non-hydrogen) atoms. The summed E-state index contributed by atoms with van der Waals surface area (Å²) in [6.07, 6.45) is 2.82. The number of hydrogen-bond acceptors (Lipinski definition) is 4. The van der Waals surface area contributed by atoms with Gasteiger partial charge < -0.3 is 25.3 Å². The van der Waals surface area contributed by atoms with E-state index in [1.165, 1.54) is 0 Å². The highest BCUT2D eigenvalue weighted by molar-refractivity contribution is 6.00. The Bertz CT molecular complexity index is 1070. The van der Waals surface area contributed by atoms with Crippen molar-refractivity contribution in [3.8, 4) is 0 Å². The summed E-state index contributed by atoms with van der Waals surface area (Å²) in [6, 6.07) is 19.2. The number of nitrogens with zero attached hydrogens (tertiary/aromatic N) is 1. The number of nitrogens with one attached hydrogen (secondary N) is 3. The standard InChI is InChI=1S/C25H26N4O4/c30-23(26-17-22-7-4-16-33-22)18-12-14-29(15-13-18)24(31)19-8-10-21(11-9-19)28-25(32)27-20-5-2-1-3-6-20/h1-11,16,18H,12-15,17H2,(H,26,30)(H2,27,28,32). The Morgan fingerprint density at radius 1 is 0.848 bits per heavy atom. The first-order valence-corrected chi connectivity index (χ1v) is 10.9. The topological polar surface area (TPSA) is 104 Å². The van der Waals surface area contributed by atoms with Crippen molar-refractivity contribution in [2.45, 2.75) is 19.4 Å². The second-order valence-corrected chi connectivity index (χ2v) is 7.89. The molecule has 3 aromatic rings. The minimum Gasteiger partial charge on any atom is -0.467 e. The second kappa shape index (κ2) is 10.5. The lowest BCUT2D eigenvalue weighted by Crippen LogP contribution is -2.42. The molecule has 0 bridgehead atoms. The van der Waals surface area contributed by atoms with Crippen LogP contribution in [0.5, 0.6) is 0 Å². The van der Waals surface area contributed by atoms with Crippen LogP contribution in [0.2, 0.25) is 0 Å². The van der Waals surface area contributed by atoms with Crippen LogP contribution in [0.25, 0.3) is 0 Å². The lowest BCUT2D eigenvalue weighted by atomic mass is 9.95. The van der Waals surface area contributed by atoms with Crippen LogP contribution < -0.4 is 16.0 Å². The fraction of sp³-hybridized carbons (Fsp3) is 0.240. The van der Waals surface area contributed by atoms with Gasteiger partial charge in [0.05, 0.1) is 12.8 Å². The van der Waals surface area contributed by atoms with Gasteiger partial charge in [0.25, 0.3) is 5.91 Å². The molecule has 170 valence electrons. The molecule has 0 atom stereocenters. The molecule has 1 aliphatic heterocycles. The highest BCUT2D eigenvalue weighted by Crippen LogP contribution is 2.20. The molecule has 0 saturated carbocycles. The molecule has 2 heterocycles. The number of urea groups is 1. The Hall–Kier alpha value is -4.07. The summed E-state index contributed by atoms with van der Waals surface area (Å²) < 4.78 is 5.23. The summed E-state index contributed by atoms with van der Waals surface area (Å²) in [4.78, 5) is 39.1. The molecule has 0 unspecified atom stereocenters. The van der Waals surface area contributed by atoms with Crippen LogP contribution in [-0.2, 0) is 11.3 Å². The van der Waals surface area contributed by atoms with Gasteiger partial charge in [-0.05, 0) is 61.4 Å². The van der Waals surface area contributed by atoms with Gasteiger partial charge in [0.1, 0.15) is 5.76 Å². The van der Waals surface area contributed by atoms with Crippen LogP contribution in [0.15, 0.2) is 77.4 Å². The van der Waals surface area contributed by atoms with Gasteiger partial charge in [-0.3, -0.25) is 9.59 Å². The minimum absolute atomic E-state index is 0.0114. The van der Waals surface area contributed by atoms with Crippen LogP contribution in [-0.4, -0.2) is 35.8 Å². The van der Waals surface area contributed by atoms with E-state index in [0.29, 0.717) is 55.2 Å². The molecule has 4 rings (SSSR count). The maximum absolute atomic E-state index is 12.8. The van der Waals surface area contributed by atoms with Crippen LogP contribution in [0.3, 0.4) is 0 Å². The predicted molar refractivity (Wildman–Crippen MR) is 125 cm³/mol. The number of carbonyl (C=O) groups excluding carboxylic acids is 3. The predicted octanol–water partition coefficient (Wildman–Crippen LogP) is 4.09. The molecular weight excluding hydrogens is 420 g/mol. The first-order valence-electron chi connectivity index (χ1n) is 10.9. The summed E-state index contributed by atoms with van der Waals surface area (Å²) in [5.41, 5.74) is 1.83. The van der Waals surface area contributed by atoms with Gasteiger partial charge in [-0.25, -0.2) is 4.79 Å². The largest absolute Gasteiger partial charge is 0.467 e. The van der Waals surface area contributed by atoms with Crippen molar-refractivity contribution in [1.82, 2.24) is 10.2 Å². The number of benzene rings is 2. The number of para-hydroxylation sites is 1. The third kappa shape index (κ3) is 6.00. The molecule has 1 saturated heterocycles. The van der Waals surface area contributed by atoms with Crippen molar-refractivity contribution >= 4 is 29.2 Å². The smallest absolute Gasteiger partial charge is 0.323 e. The van der Waals surface area contributed by atoms with Gasteiger partial charge in [0.15, 0.2) is 0 Å². The SMILES string of the molecule is O=C(Nc1ccccc1)Nc1ccc(C(=O)N2CCC(C(=O)NCc3ccco3)CC2)cc1. The Balaban J connectivity index is 1.24. The number of likely N-dealkylation sites (tertiary alicyclic amines) is 1. The number of piperidine rings is 1. The summed E-state index contributed by atoms with van der Waals surface area (Å²) >= 11 is 0. The normalized spacial score (nSPS) is 13.9. The molecule has 1 aliphatic rings. The average molecular weight is 447 g/mol. The first-order chi connectivity index (χ1) is 16.1. The number of carbonyl (C=O) groups is 3. The number of amides is 4. The van der Waals surface area contributed by atoms with E-state index in [-0.39, 0.29) is 23.8 Å². The minimum atomic E-state index is -0.354. The fourth-order valence-corrected chi connectivity index (χ4v) is 3.77. The zero-order chi connectivity index (χ0) is 23.0. The lowest BCUT2D eigenvalue weighted by Gasteiger charge is -2.31. The van der Waals surface area contributed by atoms with E-state index in [4.69, 9.17) is 4.42 Å². The molecular formula is C25H26N4O4. The van der Waals surface area contributed by atoms with Crippen molar-refractivity contribution in [2.24, 2.45) is 5.92 Å². The van der Waals surface area contributed by atoms with Crippen LogP contribution in [0, 0.1) is 5.92 Å². The van der Waals surface area contributed by atoms with E-state index in [2.05, 4.69) is 16.0 Å². The molecule has 0 spiro atoms. The molecule has 4 amide bonds. The maximum Gasteiger partial charge on any atom is 0.323 e. The Kier molecular flexibility index (Phi) is 7.04. The molecule has 8 heteroatoms. The van der Waals surface area contributed by atoms with E-state index in [0.717, 1.165) is 0 Å². The van der Waals surface area contributed by atoms with Crippen molar-refractivity contribution in [2.75, 3.05) is 23.7 Å². The highest BCUT2D eigenvalue weighted by Gasteiger charge is 2.27. The second-order valence-electron chi connectivity index (χ2n) is 7.89. The maximum atomic E-state index is 12.8. The van der Waals surface area contributed by atoms with Gasteiger partial charge in [0, 0.05) is 35.9 Å². The van der Waals surface area contributed by atoms with Crippen molar-refractivity contribution in [3.63, 3.8) is 0 Å². The van der Waals surface area contributed by atoms with Gasteiger partial charge in [0.2, 0.25) is 5.91 Å². The summed E-state index contributed by atoms with van der Waals surface area (Å²) in [7, 11) is 0. The molecule has 3 N–H and O–H groups in total. The van der Waals surface area contributed by atoms with Gasteiger partial charge in [-0.15, -0.1) is 0 Å². The van der Waals surface area contributed by atoms with Crippen LogP contribution in [0.4, 0.5) is 16.2 Å². The monoisotopic (exact) mass is 446 g/mol. The summed E-state index contributed by atoms with van der Waals surface area (Å²) in [6.45, 7) is 1.42. The zero-order valence-corrected chi connectivity index (χ0v) is 18.1. The van der Waals surface area contributed by atoms with E-state index in [1.54, 1.807) is 53.6 Å². The summed E-state index contributed by atoms with van der Waals surface area (Å²) in [5, 5.41) is 8.39. The molecule has 1 fully saturated rings. The highest BCUT2D eigenvalue weighted by atomic mass is 16.3. The molecule has 8 nitrogen and oxygen atoms in total. The first kappa shape index (κ1) is 22.1. The van der Waals surface area contributed by atoms with Crippen molar-refractivity contribution in [1.29, 1.82) is 0 Å². The zero-order valence-electron chi connectivity index (χ0n) is 18.1. The number of anilines is 2. The Labute approximate surface area is 192 Å². The van der Waals surface area contributed by atoms with E-state index < -0.39 is 0 Å². The molecule has 0 aliphatic carbocycles. The average Bonchev–Trinajstić information content (AvgIpc) is 3.37. The van der Waals surface area contributed by atoms with Gasteiger partial charge in [-0.2, -0.15) is 0 Å². The van der Waals surface area contributed by atoms with E-state index in [9.17, 15) is 14.4 Å². The Morgan fingerprint density at radius 3 is 2.15 bits per heavy atom. The van der Waals surface area contributed by atoms with E-state index >= 15 is 0 Å². The molecule has 2 aromatic carbocycles. The van der Waals surface area contributed by atoms with Crippen molar-refractivity contribution in [3.05, 3.63) is 84.3 Å². The van der Waals surface area contributed by atoms with Crippen molar-refractivity contribution < 1.29 is 18.8 Å². The third-order valence-corrected chi connectivity index (χ3v) is 5.59.